The molecular weight excluding hydrogens is 426 g/mol. The molecule has 2 heterocycles. The third kappa shape index (κ3) is 5.43. The molecule has 3 aromatic rings. The van der Waals surface area contributed by atoms with Crippen molar-refractivity contribution in [3.8, 4) is 5.69 Å². The minimum Gasteiger partial charge on any atom is -0.341 e. The third-order valence-corrected chi connectivity index (χ3v) is 6.94. The van der Waals surface area contributed by atoms with E-state index in [4.69, 9.17) is 0 Å². The number of aromatic nitrogens is 3. The van der Waals surface area contributed by atoms with Gasteiger partial charge in [0, 0.05) is 30.2 Å². The van der Waals surface area contributed by atoms with Crippen LogP contribution in [-0.2, 0) is 4.79 Å². The second-order valence-electron chi connectivity index (χ2n) is 7.35. The number of carbonyl (C=O) groups is 1. The Balaban J connectivity index is 1.44. The molecule has 1 aliphatic heterocycles. The summed E-state index contributed by atoms with van der Waals surface area (Å²) in [6.07, 6.45) is 6.06. The van der Waals surface area contributed by atoms with Crippen LogP contribution < -0.4 is 10.2 Å². The molecule has 1 fully saturated rings. The molecule has 31 heavy (non-hydrogen) atoms. The van der Waals surface area contributed by atoms with Gasteiger partial charge in [-0.2, -0.15) is 0 Å². The monoisotopic (exact) mass is 453 g/mol. The molecule has 162 valence electrons. The van der Waals surface area contributed by atoms with Crippen molar-refractivity contribution in [1.29, 1.82) is 0 Å². The molecule has 0 radical (unpaired) electrons. The molecule has 0 atom stereocenters. The first kappa shape index (κ1) is 21.8. The number of anilines is 2. The minimum atomic E-state index is 0.0102. The maximum absolute atomic E-state index is 12.5. The van der Waals surface area contributed by atoms with Gasteiger partial charge < -0.3 is 10.2 Å². The molecule has 0 saturated carbocycles. The molecule has 1 aromatic heterocycles. The number of rotatable bonds is 8. The minimum absolute atomic E-state index is 0.0102. The lowest BCUT2D eigenvalue weighted by atomic mass is 10.1. The zero-order valence-corrected chi connectivity index (χ0v) is 19.3. The zero-order valence-electron chi connectivity index (χ0n) is 17.7. The number of thioether (sulfide) groups is 2. The van der Waals surface area contributed by atoms with Gasteiger partial charge in [0.05, 0.1) is 11.4 Å². The van der Waals surface area contributed by atoms with Gasteiger partial charge in [-0.15, -0.1) is 22.0 Å². The summed E-state index contributed by atoms with van der Waals surface area (Å²) < 4.78 is 2.12. The van der Waals surface area contributed by atoms with E-state index in [-0.39, 0.29) is 5.91 Å². The quantitative estimate of drug-likeness (QED) is 0.479. The van der Waals surface area contributed by atoms with Crippen LogP contribution in [0.25, 0.3) is 5.69 Å². The van der Waals surface area contributed by atoms with Crippen LogP contribution in [0.5, 0.6) is 0 Å². The summed E-state index contributed by atoms with van der Waals surface area (Å²) in [4.78, 5) is 15.9. The molecule has 1 amide bonds. The van der Waals surface area contributed by atoms with E-state index in [1.54, 1.807) is 23.5 Å². The predicted octanol–water partition coefficient (Wildman–Crippen LogP) is 5.10. The normalized spacial score (nSPS) is 13.9. The maximum Gasteiger partial charge on any atom is 0.232 e. The Morgan fingerprint density at radius 3 is 2.52 bits per heavy atom. The fourth-order valence-corrected chi connectivity index (χ4v) is 5.09. The molecule has 2 aromatic carbocycles. The number of piperidine rings is 1. The van der Waals surface area contributed by atoms with Gasteiger partial charge in [0.25, 0.3) is 0 Å². The number of hydrogen-bond acceptors (Lipinski definition) is 6. The van der Waals surface area contributed by atoms with Gasteiger partial charge in [0.2, 0.25) is 11.9 Å². The molecular formula is C23H27N5OS2. The van der Waals surface area contributed by atoms with Crippen LogP contribution in [-0.4, -0.2) is 45.8 Å². The van der Waals surface area contributed by atoms with E-state index in [1.165, 1.54) is 19.3 Å². The predicted molar refractivity (Wildman–Crippen MR) is 130 cm³/mol. The van der Waals surface area contributed by atoms with E-state index in [1.807, 2.05) is 48.7 Å². The molecule has 4 rings (SSSR count). The Morgan fingerprint density at radius 1 is 1.00 bits per heavy atom. The highest BCUT2D eigenvalue weighted by Gasteiger charge is 2.21. The van der Waals surface area contributed by atoms with Crippen molar-refractivity contribution in [2.45, 2.75) is 35.7 Å². The highest BCUT2D eigenvalue weighted by Crippen LogP contribution is 2.29. The SMILES string of the molecule is CSc1ccccc1NC(=O)CCSc1nnc(N2CCCCC2)n1-c1ccccc1. The number of benzene rings is 2. The topological polar surface area (TPSA) is 63.1 Å². The van der Waals surface area contributed by atoms with Crippen LogP contribution in [0.4, 0.5) is 11.6 Å². The second-order valence-corrected chi connectivity index (χ2v) is 9.26. The van der Waals surface area contributed by atoms with Crippen molar-refractivity contribution in [2.24, 2.45) is 0 Å². The molecule has 1 saturated heterocycles. The molecule has 0 unspecified atom stereocenters. The summed E-state index contributed by atoms with van der Waals surface area (Å²) in [5, 5.41) is 12.8. The van der Waals surface area contributed by atoms with Crippen LogP contribution in [0.15, 0.2) is 64.6 Å². The molecule has 1 aliphatic rings. The lowest BCUT2D eigenvalue weighted by Crippen LogP contribution is -2.31. The summed E-state index contributed by atoms with van der Waals surface area (Å²) in [7, 11) is 0. The van der Waals surface area contributed by atoms with Gasteiger partial charge in [-0.3, -0.25) is 9.36 Å². The summed E-state index contributed by atoms with van der Waals surface area (Å²) >= 11 is 3.20. The summed E-state index contributed by atoms with van der Waals surface area (Å²) in [5.41, 5.74) is 1.92. The van der Waals surface area contributed by atoms with Crippen LogP contribution in [0.2, 0.25) is 0 Å². The van der Waals surface area contributed by atoms with Gasteiger partial charge in [-0.05, 0) is 49.8 Å². The van der Waals surface area contributed by atoms with Gasteiger partial charge in [-0.1, -0.05) is 42.1 Å². The van der Waals surface area contributed by atoms with Crippen molar-refractivity contribution in [1.82, 2.24) is 14.8 Å². The highest BCUT2D eigenvalue weighted by molar-refractivity contribution is 7.99. The first-order valence-electron chi connectivity index (χ1n) is 10.6. The fourth-order valence-electron chi connectivity index (χ4n) is 3.65. The van der Waals surface area contributed by atoms with E-state index >= 15 is 0 Å². The third-order valence-electron chi connectivity index (χ3n) is 5.21. The number of carbonyl (C=O) groups excluding carboxylic acids is 1. The number of para-hydroxylation sites is 2. The number of nitrogens with zero attached hydrogens (tertiary/aromatic N) is 4. The number of amides is 1. The molecule has 1 N–H and O–H groups in total. The molecule has 6 nitrogen and oxygen atoms in total. The summed E-state index contributed by atoms with van der Waals surface area (Å²) in [5.74, 6) is 1.54. The van der Waals surface area contributed by atoms with Crippen molar-refractivity contribution in [3.63, 3.8) is 0 Å². The molecule has 8 heteroatoms. The standard InChI is InChI=1S/C23H27N5OS2/c1-30-20-13-7-6-12-19(20)24-21(29)14-17-31-23-26-25-22(27-15-8-3-9-16-27)28(23)18-10-4-2-5-11-18/h2,4-7,10-13H,3,8-9,14-17H2,1H3,(H,24,29). The van der Waals surface area contributed by atoms with E-state index in [0.717, 1.165) is 40.5 Å². The molecule has 0 spiro atoms. The van der Waals surface area contributed by atoms with E-state index < -0.39 is 0 Å². The lowest BCUT2D eigenvalue weighted by Gasteiger charge is -2.27. The van der Waals surface area contributed by atoms with Gasteiger partial charge in [0.15, 0.2) is 5.16 Å². The van der Waals surface area contributed by atoms with E-state index in [9.17, 15) is 4.79 Å². The van der Waals surface area contributed by atoms with Crippen LogP contribution in [0, 0.1) is 0 Å². The number of hydrogen-bond donors (Lipinski definition) is 1. The Morgan fingerprint density at radius 2 is 1.74 bits per heavy atom. The van der Waals surface area contributed by atoms with Crippen LogP contribution in [0.3, 0.4) is 0 Å². The largest absolute Gasteiger partial charge is 0.341 e. The molecule has 0 bridgehead atoms. The zero-order chi connectivity index (χ0) is 21.5. The smallest absolute Gasteiger partial charge is 0.232 e. The van der Waals surface area contributed by atoms with Crippen LogP contribution in [0.1, 0.15) is 25.7 Å². The molecule has 0 aliphatic carbocycles. The van der Waals surface area contributed by atoms with Crippen molar-refractivity contribution >= 4 is 41.1 Å². The van der Waals surface area contributed by atoms with Crippen LogP contribution >= 0.6 is 23.5 Å². The second kappa shape index (κ2) is 10.7. The Hall–Kier alpha value is -2.45. The van der Waals surface area contributed by atoms with E-state index in [0.29, 0.717) is 12.2 Å². The van der Waals surface area contributed by atoms with Crippen molar-refractivity contribution in [2.75, 3.05) is 35.3 Å². The maximum atomic E-state index is 12.5. The highest BCUT2D eigenvalue weighted by atomic mass is 32.2. The van der Waals surface area contributed by atoms with Gasteiger partial charge in [0.1, 0.15) is 0 Å². The average molecular weight is 454 g/mol. The van der Waals surface area contributed by atoms with Crippen molar-refractivity contribution in [3.05, 3.63) is 54.6 Å². The fraction of sp³-hybridized carbons (Fsp3) is 0.348. The van der Waals surface area contributed by atoms with E-state index in [2.05, 4.69) is 37.1 Å². The Labute approximate surface area is 191 Å². The van der Waals surface area contributed by atoms with Gasteiger partial charge >= 0.3 is 0 Å². The average Bonchev–Trinajstić information content (AvgIpc) is 3.24. The summed E-state index contributed by atoms with van der Waals surface area (Å²) in [6, 6.07) is 18.1. The first-order valence-corrected chi connectivity index (χ1v) is 12.8. The Bertz CT molecular complexity index is 1000. The lowest BCUT2D eigenvalue weighted by molar-refractivity contribution is -0.115. The first-order chi connectivity index (χ1) is 15.3. The summed E-state index contributed by atoms with van der Waals surface area (Å²) in [6.45, 7) is 2.01. The number of nitrogens with one attached hydrogen (secondary N) is 1. The van der Waals surface area contributed by atoms with Crippen molar-refractivity contribution < 1.29 is 4.79 Å². The Kier molecular flexibility index (Phi) is 7.53. The van der Waals surface area contributed by atoms with Gasteiger partial charge in [-0.25, -0.2) is 0 Å².